The van der Waals surface area contributed by atoms with E-state index >= 15 is 4.39 Å². The first-order valence-electron chi connectivity index (χ1n) is 10.7. The highest BCUT2D eigenvalue weighted by Crippen LogP contribution is 2.36. The van der Waals surface area contributed by atoms with Gasteiger partial charge in [-0.05, 0) is 36.4 Å². The van der Waals surface area contributed by atoms with E-state index in [0.29, 0.717) is 35.7 Å². The third-order valence-corrected chi connectivity index (χ3v) is 6.11. The fourth-order valence-corrected chi connectivity index (χ4v) is 4.23. The SMILES string of the molecule is COc1ccc([C@H](O)c2cc(-c3ncnc4cc(N5CCOCC5)ccc34)c(F)cc2Cl)nn1. The lowest BCUT2D eigenvalue weighted by Gasteiger charge is -2.29. The average Bonchev–Trinajstić information content (AvgIpc) is 2.88. The van der Waals surface area contributed by atoms with Crippen LogP contribution in [0.25, 0.3) is 22.2 Å². The summed E-state index contributed by atoms with van der Waals surface area (Å²) in [7, 11) is 1.47. The van der Waals surface area contributed by atoms with Crippen LogP contribution in [0.5, 0.6) is 5.88 Å². The molecule has 174 valence electrons. The molecule has 2 aromatic heterocycles. The summed E-state index contributed by atoms with van der Waals surface area (Å²) in [6.07, 6.45) is 0.186. The van der Waals surface area contributed by atoms with Crippen molar-refractivity contribution >= 4 is 28.2 Å². The fourth-order valence-electron chi connectivity index (χ4n) is 3.98. The number of aliphatic hydroxyl groups excluding tert-OH is 1. The predicted molar refractivity (Wildman–Crippen MR) is 126 cm³/mol. The van der Waals surface area contributed by atoms with Gasteiger partial charge in [0.2, 0.25) is 5.88 Å². The second-order valence-corrected chi connectivity index (χ2v) is 8.19. The highest BCUT2D eigenvalue weighted by Gasteiger charge is 2.22. The second kappa shape index (κ2) is 9.46. The molecule has 1 aliphatic heterocycles. The van der Waals surface area contributed by atoms with Crippen molar-refractivity contribution in [2.75, 3.05) is 38.3 Å². The monoisotopic (exact) mass is 481 g/mol. The van der Waals surface area contributed by atoms with Crippen LogP contribution in [0.4, 0.5) is 10.1 Å². The Kier molecular flexibility index (Phi) is 6.23. The molecule has 8 nitrogen and oxygen atoms in total. The summed E-state index contributed by atoms with van der Waals surface area (Å²) >= 11 is 6.30. The predicted octanol–water partition coefficient (Wildman–Crippen LogP) is 3.81. The van der Waals surface area contributed by atoms with Crippen molar-refractivity contribution in [1.29, 1.82) is 0 Å². The van der Waals surface area contributed by atoms with Crippen molar-refractivity contribution in [1.82, 2.24) is 20.2 Å². The molecule has 4 aromatic rings. The Bertz CT molecular complexity index is 1330. The number of nitrogens with zero attached hydrogens (tertiary/aromatic N) is 5. The number of benzene rings is 2. The van der Waals surface area contributed by atoms with Crippen LogP contribution in [0.1, 0.15) is 17.4 Å². The van der Waals surface area contributed by atoms with E-state index in [2.05, 4.69) is 25.1 Å². The molecule has 1 atom stereocenters. The van der Waals surface area contributed by atoms with Crippen molar-refractivity contribution in [3.8, 4) is 17.1 Å². The van der Waals surface area contributed by atoms with E-state index in [1.807, 2.05) is 18.2 Å². The first kappa shape index (κ1) is 22.4. The molecule has 0 amide bonds. The Balaban J connectivity index is 1.55. The average molecular weight is 482 g/mol. The lowest BCUT2D eigenvalue weighted by molar-refractivity contribution is 0.122. The standard InChI is InChI=1S/C24H21ClFN5O3/c1-33-22-5-4-20(29-30-22)24(32)16-11-17(19(26)12-18(16)25)23-15-3-2-14(10-21(15)27-13-28-23)31-6-8-34-9-7-31/h2-5,10-13,24,32H,6-9H2,1H3/t24-/m1/s1. The van der Waals surface area contributed by atoms with Gasteiger partial charge in [0.15, 0.2) is 0 Å². The number of rotatable bonds is 5. The molecule has 0 radical (unpaired) electrons. The molecule has 2 aromatic carbocycles. The van der Waals surface area contributed by atoms with Crippen LogP contribution in [0.15, 0.2) is 48.8 Å². The van der Waals surface area contributed by atoms with Gasteiger partial charge in [0.25, 0.3) is 0 Å². The Labute approximate surface area is 200 Å². The highest BCUT2D eigenvalue weighted by atomic mass is 35.5. The van der Waals surface area contributed by atoms with E-state index in [0.717, 1.165) is 18.8 Å². The maximum absolute atomic E-state index is 15.1. The molecule has 0 saturated carbocycles. The molecule has 0 spiro atoms. The first-order chi connectivity index (χ1) is 16.5. The Morgan fingerprint density at radius 2 is 1.91 bits per heavy atom. The summed E-state index contributed by atoms with van der Waals surface area (Å²) in [5.74, 6) is -0.246. The van der Waals surface area contributed by atoms with Gasteiger partial charge >= 0.3 is 0 Å². The lowest BCUT2D eigenvalue weighted by Crippen LogP contribution is -2.36. The summed E-state index contributed by atoms with van der Waals surface area (Å²) in [6, 6.07) is 11.6. The maximum atomic E-state index is 15.1. The third kappa shape index (κ3) is 4.25. The minimum absolute atomic E-state index is 0.0688. The van der Waals surface area contributed by atoms with Gasteiger partial charge in [-0.3, -0.25) is 0 Å². The van der Waals surface area contributed by atoms with Crippen LogP contribution in [0.2, 0.25) is 5.02 Å². The van der Waals surface area contributed by atoms with Gasteiger partial charge in [-0.2, -0.15) is 0 Å². The Morgan fingerprint density at radius 3 is 2.65 bits per heavy atom. The van der Waals surface area contributed by atoms with Gasteiger partial charge in [-0.1, -0.05) is 11.6 Å². The van der Waals surface area contributed by atoms with Gasteiger partial charge in [-0.15, -0.1) is 10.2 Å². The number of morpholine rings is 1. The number of ether oxygens (including phenoxy) is 2. The van der Waals surface area contributed by atoms with E-state index in [-0.39, 0.29) is 21.8 Å². The number of aromatic nitrogens is 4. The molecule has 1 N–H and O–H groups in total. The summed E-state index contributed by atoms with van der Waals surface area (Å²) in [5, 5.41) is 19.5. The molecule has 34 heavy (non-hydrogen) atoms. The van der Waals surface area contributed by atoms with Gasteiger partial charge < -0.3 is 19.5 Å². The maximum Gasteiger partial charge on any atom is 0.233 e. The molecular weight excluding hydrogens is 461 g/mol. The smallest absolute Gasteiger partial charge is 0.233 e. The summed E-state index contributed by atoms with van der Waals surface area (Å²) < 4.78 is 25.5. The van der Waals surface area contributed by atoms with Crippen LogP contribution in [-0.2, 0) is 4.74 Å². The largest absolute Gasteiger partial charge is 0.480 e. The molecule has 1 aliphatic rings. The van der Waals surface area contributed by atoms with E-state index in [9.17, 15) is 5.11 Å². The van der Waals surface area contributed by atoms with Crippen molar-refractivity contribution in [3.05, 3.63) is 70.9 Å². The highest BCUT2D eigenvalue weighted by molar-refractivity contribution is 6.31. The topological polar surface area (TPSA) is 93.5 Å². The molecule has 1 saturated heterocycles. The van der Waals surface area contributed by atoms with Crippen molar-refractivity contribution < 1.29 is 19.0 Å². The Morgan fingerprint density at radius 1 is 1.09 bits per heavy atom. The number of fused-ring (bicyclic) bond motifs is 1. The van der Waals surface area contributed by atoms with Crippen LogP contribution < -0.4 is 9.64 Å². The van der Waals surface area contributed by atoms with E-state index in [1.165, 1.54) is 25.6 Å². The molecule has 0 bridgehead atoms. The van der Waals surface area contributed by atoms with Gasteiger partial charge in [0, 0.05) is 46.4 Å². The molecule has 1 fully saturated rings. The minimum atomic E-state index is -1.22. The van der Waals surface area contributed by atoms with Crippen LogP contribution in [0.3, 0.4) is 0 Å². The van der Waals surface area contributed by atoms with E-state index < -0.39 is 11.9 Å². The first-order valence-corrected chi connectivity index (χ1v) is 11.1. The van der Waals surface area contributed by atoms with Crippen molar-refractivity contribution in [3.63, 3.8) is 0 Å². The fraction of sp³-hybridized carbons (Fsp3) is 0.250. The molecule has 10 heteroatoms. The number of hydrogen-bond acceptors (Lipinski definition) is 8. The summed E-state index contributed by atoms with van der Waals surface area (Å²) in [4.78, 5) is 11.0. The van der Waals surface area contributed by atoms with Crippen LogP contribution in [0, 0.1) is 5.82 Å². The zero-order chi connectivity index (χ0) is 23.7. The van der Waals surface area contributed by atoms with Crippen molar-refractivity contribution in [2.45, 2.75) is 6.10 Å². The quantitative estimate of drug-likeness (QED) is 0.460. The van der Waals surface area contributed by atoms with Crippen LogP contribution >= 0.6 is 11.6 Å². The number of anilines is 1. The number of methoxy groups -OCH3 is 1. The third-order valence-electron chi connectivity index (χ3n) is 5.78. The van der Waals surface area contributed by atoms with Crippen molar-refractivity contribution in [2.24, 2.45) is 0 Å². The molecular formula is C24H21ClFN5O3. The van der Waals surface area contributed by atoms with E-state index in [4.69, 9.17) is 21.1 Å². The summed E-state index contributed by atoms with van der Waals surface area (Å²) in [6.45, 7) is 2.94. The molecule has 0 aliphatic carbocycles. The van der Waals surface area contributed by atoms with Gasteiger partial charge in [-0.25, -0.2) is 14.4 Å². The second-order valence-electron chi connectivity index (χ2n) is 7.78. The molecule has 5 rings (SSSR count). The van der Waals surface area contributed by atoms with Gasteiger partial charge in [0.1, 0.15) is 18.2 Å². The number of aliphatic hydroxyl groups is 1. The van der Waals surface area contributed by atoms with Crippen LogP contribution in [-0.4, -0.2) is 58.7 Å². The lowest BCUT2D eigenvalue weighted by atomic mass is 9.99. The summed E-state index contributed by atoms with van der Waals surface area (Å²) in [5.41, 5.74) is 2.85. The number of halogens is 2. The van der Waals surface area contributed by atoms with Gasteiger partial charge in [0.05, 0.1) is 37.2 Å². The van der Waals surface area contributed by atoms with E-state index in [1.54, 1.807) is 12.1 Å². The number of hydrogen-bond donors (Lipinski definition) is 1. The molecule has 3 heterocycles. The zero-order valence-electron chi connectivity index (χ0n) is 18.3. The molecule has 0 unspecified atom stereocenters. The minimum Gasteiger partial charge on any atom is -0.480 e. The zero-order valence-corrected chi connectivity index (χ0v) is 19.0. The normalized spacial score (nSPS) is 14.9. The Hall–Kier alpha value is -3.40.